The summed E-state index contributed by atoms with van der Waals surface area (Å²) < 4.78 is 152. The van der Waals surface area contributed by atoms with Gasteiger partial charge >= 0.3 is 18.0 Å². The number of nitrogens with zero attached hydrogens (tertiary/aromatic N) is 2. The van der Waals surface area contributed by atoms with Crippen molar-refractivity contribution < 1.29 is 57.5 Å². The van der Waals surface area contributed by atoms with E-state index in [2.05, 4.69) is 0 Å². The summed E-state index contributed by atoms with van der Waals surface area (Å²) in [6, 6.07) is 1.78. The number of carbonyl (C=O) groups excluding carboxylic acids is 2. The van der Waals surface area contributed by atoms with Crippen molar-refractivity contribution in [1.82, 2.24) is 9.80 Å². The Morgan fingerprint density at radius 3 is 2.15 bits per heavy atom. The van der Waals surface area contributed by atoms with Crippen LogP contribution in [0.2, 0.25) is 0 Å². The van der Waals surface area contributed by atoms with Gasteiger partial charge in [-0.05, 0) is 74.9 Å². The van der Waals surface area contributed by atoms with Gasteiger partial charge in [0.1, 0.15) is 16.6 Å². The quantitative estimate of drug-likeness (QED) is 0.283. The average Bonchev–Trinajstić information content (AvgIpc) is 3.43. The maximum Gasteiger partial charge on any atom is 0.435 e. The molecule has 16 heteroatoms. The van der Waals surface area contributed by atoms with E-state index in [0.717, 1.165) is 35.2 Å². The molecule has 6 nitrogen and oxygen atoms in total. The molecule has 4 atom stereocenters. The molecule has 0 spiro atoms. The number of fused-ring (bicyclic) bond motifs is 3. The van der Waals surface area contributed by atoms with Gasteiger partial charge in [0.25, 0.3) is 5.91 Å². The van der Waals surface area contributed by atoms with Gasteiger partial charge in [-0.1, -0.05) is 18.2 Å². The third-order valence-electron chi connectivity index (χ3n) is 9.32. The van der Waals surface area contributed by atoms with Crippen molar-refractivity contribution in [1.29, 1.82) is 0 Å². The van der Waals surface area contributed by atoms with E-state index in [-0.39, 0.29) is 43.0 Å². The van der Waals surface area contributed by atoms with Crippen LogP contribution >= 0.6 is 0 Å². The minimum atomic E-state index is -6.41. The molecule has 2 fully saturated rings. The van der Waals surface area contributed by atoms with E-state index >= 15 is 4.39 Å². The van der Waals surface area contributed by atoms with Crippen molar-refractivity contribution in [3.8, 4) is 0 Å². The Morgan fingerprint density at radius 1 is 0.978 bits per heavy atom. The van der Waals surface area contributed by atoms with E-state index in [1.54, 1.807) is 13.8 Å². The summed E-state index contributed by atoms with van der Waals surface area (Å²) in [5.74, 6) is -2.47. The minimum absolute atomic E-state index is 0.0356. The molecule has 0 N–H and O–H groups in total. The van der Waals surface area contributed by atoms with Crippen LogP contribution in [0, 0.1) is 5.82 Å². The number of alkyl halides is 8. The summed E-state index contributed by atoms with van der Waals surface area (Å²) in [5, 5.41) is 0. The van der Waals surface area contributed by atoms with Gasteiger partial charge < -0.3 is 9.80 Å². The summed E-state index contributed by atoms with van der Waals surface area (Å²) in [4.78, 5) is 28.4. The third-order valence-corrected chi connectivity index (χ3v) is 11.9. The average molecular weight is 685 g/mol. The summed E-state index contributed by atoms with van der Waals surface area (Å²) >= 11 is 0. The van der Waals surface area contributed by atoms with Crippen LogP contribution in [0.25, 0.3) is 0 Å². The van der Waals surface area contributed by atoms with E-state index in [1.807, 2.05) is 0 Å². The molecule has 5 rings (SSSR count). The van der Waals surface area contributed by atoms with Crippen molar-refractivity contribution in [3.63, 3.8) is 0 Å². The fourth-order valence-corrected chi connectivity index (χ4v) is 9.63. The second-order valence-electron chi connectivity index (χ2n) is 12.1. The first-order valence-corrected chi connectivity index (χ1v) is 15.9. The number of hydrogen-bond acceptors (Lipinski definition) is 4. The number of hydrogen-bond donors (Lipinski definition) is 0. The summed E-state index contributed by atoms with van der Waals surface area (Å²) in [7, 11) is -4.71. The first-order valence-electron chi connectivity index (χ1n) is 14.4. The van der Waals surface area contributed by atoms with Crippen molar-refractivity contribution in [2.24, 2.45) is 0 Å². The molecule has 2 aromatic carbocycles. The number of benzene rings is 2. The molecule has 0 unspecified atom stereocenters. The largest absolute Gasteiger partial charge is 0.435 e. The molecule has 0 bridgehead atoms. The van der Waals surface area contributed by atoms with Gasteiger partial charge in [-0.15, -0.1) is 0 Å². The zero-order chi connectivity index (χ0) is 34.2. The van der Waals surface area contributed by atoms with Gasteiger partial charge in [-0.25, -0.2) is 21.6 Å². The van der Waals surface area contributed by atoms with Crippen LogP contribution in [-0.4, -0.2) is 73.2 Å². The monoisotopic (exact) mass is 684 g/mol. The lowest BCUT2D eigenvalue weighted by Gasteiger charge is -2.39. The van der Waals surface area contributed by atoms with Crippen molar-refractivity contribution in [2.75, 3.05) is 6.54 Å². The van der Waals surface area contributed by atoms with Crippen LogP contribution in [0.4, 0.5) is 39.5 Å². The topological polar surface area (TPSA) is 74.8 Å². The van der Waals surface area contributed by atoms with Crippen LogP contribution in [-0.2, 0) is 36.3 Å². The van der Waals surface area contributed by atoms with Crippen LogP contribution in [0.1, 0.15) is 56.2 Å². The summed E-state index contributed by atoms with van der Waals surface area (Å²) in [6.07, 6.45) is -16.1. The number of halogens is 9. The number of likely N-dealkylation sites (tertiary alicyclic amines) is 2. The van der Waals surface area contributed by atoms with Gasteiger partial charge in [0, 0.05) is 24.6 Å². The molecule has 3 aliphatic rings. The Balaban J connectivity index is 1.71. The van der Waals surface area contributed by atoms with E-state index in [0.29, 0.717) is 6.07 Å². The standard InChI is InChI=1S/C30H29F9N2O4S/c1-16(2)41-23(15-22(32)25(41)42)26(43)40-13-12-27(46(44,45)20-9-7-19(31)8-10-20)21-11-6-18(14-17(21)4-3-5-24(27)40)28(33,29(34,35)36)30(37,38)39/h6-11,14,16,22-24H,3-5,12-13,15H2,1-2H3/t22-,23-,24-,27-/m0/s1. The molecule has 1 aliphatic carbocycles. The van der Waals surface area contributed by atoms with Gasteiger partial charge in [-0.3, -0.25) is 9.59 Å². The highest BCUT2D eigenvalue weighted by molar-refractivity contribution is 7.92. The number of amides is 2. The molecule has 0 saturated carbocycles. The minimum Gasteiger partial charge on any atom is -0.336 e. The van der Waals surface area contributed by atoms with E-state index < -0.39 is 97.8 Å². The Labute approximate surface area is 258 Å². The molecule has 2 aliphatic heterocycles. The predicted octanol–water partition coefficient (Wildman–Crippen LogP) is 6.07. The molecular weight excluding hydrogens is 655 g/mol. The number of aryl methyl sites for hydroxylation is 1. The highest BCUT2D eigenvalue weighted by Crippen LogP contribution is 2.56. The number of carbonyl (C=O) groups is 2. The van der Waals surface area contributed by atoms with Gasteiger partial charge in [0.2, 0.25) is 5.91 Å². The first-order chi connectivity index (χ1) is 21.2. The first kappa shape index (κ1) is 34.0. The van der Waals surface area contributed by atoms with Crippen LogP contribution in [0.5, 0.6) is 0 Å². The molecule has 252 valence electrons. The van der Waals surface area contributed by atoms with Crippen molar-refractivity contribution in [3.05, 3.63) is 65.0 Å². The smallest absolute Gasteiger partial charge is 0.336 e. The van der Waals surface area contributed by atoms with Crippen LogP contribution in [0.3, 0.4) is 0 Å². The highest BCUT2D eigenvalue weighted by atomic mass is 32.2. The molecule has 0 radical (unpaired) electrons. The Morgan fingerprint density at radius 2 is 1.59 bits per heavy atom. The second kappa shape index (κ2) is 11.2. The fourth-order valence-electron chi connectivity index (χ4n) is 7.26. The lowest BCUT2D eigenvalue weighted by atomic mass is 9.84. The van der Waals surface area contributed by atoms with Crippen LogP contribution < -0.4 is 0 Å². The Hall–Kier alpha value is -3.30. The van der Waals surface area contributed by atoms with Gasteiger partial charge in [0.05, 0.1) is 10.9 Å². The van der Waals surface area contributed by atoms with Crippen LogP contribution in [0.15, 0.2) is 47.4 Å². The predicted molar refractivity (Wildman–Crippen MR) is 145 cm³/mol. The fraction of sp³-hybridized carbons (Fsp3) is 0.533. The van der Waals surface area contributed by atoms with Gasteiger partial charge in [-0.2, -0.15) is 26.3 Å². The molecule has 0 aromatic heterocycles. The normalized spacial score (nSPS) is 25.9. The number of rotatable bonds is 5. The lowest BCUT2D eigenvalue weighted by Crippen LogP contribution is -2.54. The third kappa shape index (κ3) is 4.88. The zero-order valence-electron chi connectivity index (χ0n) is 24.4. The van der Waals surface area contributed by atoms with E-state index in [1.165, 1.54) is 4.90 Å². The SMILES string of the molecule is CC(C)N1C(=O)[C@@H](F)C[C@H]1C(=O)N1CC[C@]2(S(=O)(=O)c3ccc(F)cc3)c3ccc(C(F)(C(F)(F)F)C(F)(F)F)cc3CCC[C@H]12. The molecular formula is C30H29F9N2O4S. The maximum absolute atomic E-state index is 15.1. The van der Waals surface area contributed by atoms with Crippen molar-refractivity contribution in [2.45, 2.75) is 97.9 Å². The maximum atomic E-state index is 15.1. The Kier molecular flexibility index (Phi) is 8.25. The summed E-state index contributed by atoms with van der Waals surface area (Å²) in [6.45, 7) is 2.85. The Bertz CT molecular complexity index is 1630. The zero-order valence-corrected chi connectivity index (χ0v) is 25.2. The van der Waals surface area contributed by atoms with Crippen molar-refractivity contribution >= 4 is 21.7 Å². The molecule has 46 heavy (non-hydrogen) atoms. The highest BCUT2D eigenvalue weighted by Gasteiger charge is 2.74. The van der Waals surface area contributed by atoms with E-state index in [4.69, 9.17) is 0 Å². The second-order valence-corrected chi connectivity index (χ2v) is 14.3. The van der Waals surface area contributed by atoms with Gasteiger partial charge in [0.15, 0.2) is 16.0 Å². The summed E-state index contributed by atoms with van der Waals surface area (Å²) in [5.41, 5.74) is -8.06. The molecule has 2 saturated heterocycles. The molecule has 2 amide bonds. The lowest BCUT2D eigenvalue weighted by molar-refractivity contribution is -0.348. The molecule has 2 heterocycles. The number of sulfone groups is 1. The molecule has 2 aromatic rings. The van der Waals surface area contributed by atoms with E-state index in [9.17, 15) is 53.1 Å².